The lowest BCUT2D eigenvalue weighted by molar-refractivity contribution is -0.114. The highest BCUT2D eigenvalue weighted by Gasteiger charge is 2.27. The smallest absolute Gasteiger partial charge is 0.225 e. The third-order valence-electron chi connectivity index (χ3n) is 3.46. The average molecular weight is 303 g/mol. The molecule has 3 heterocycles. The van der Waals surface area contributed by atoms with Crippen LogP contribution in [-0.2, 0) is 4.79 Å². The second-order valence-electron chi connectivity index (χ2n) is 5.01. The van der Waals surface area contributed by atoms with Crippen molar-refractivity contribution in [1.29, 1.82) is 0 Å². The van der Waals surface area contributed by atoms with Crippen molar-refractivity contribution in [2.24, 2.45) is 0 Å². The van der Waals surface area contributed by atoms with Gasteiger partial charge in [-0.25, -0.2) is 15.0 Å². The number of hydrogen-bond donors (Lipinski definition) is 1. The summed E-state index contributed by atoms with van der Waals surface area (Å²) >= 11 is 1.46. The first kappa shape index (κ1) is 13.9. The molecule has 3 rings (SSSR count). The van der Waals surface area contributed by atoms with Crippen molar-refractivity contribution in [1.82, 2.24) is 15.0 Å². The summed E-state index contributed by atoms with van der Waals surface area (Å²) in [6, 6.07) is 2.00. The van der Waals surface area contributed by atoms with E-state index in [-0.39, 0.29) is 11.9 Å². The fourth-order valence-electron chi connectivity index (χ4n) is 2.57. The lowest BCUT2D eigenvalue weighted by Gasteiger charge is -2.34. The Morgan fingerprint density at radius 3 is 2.95 bits per heavy atom. The van der Waals surface area contributed by atoms with Crippen LogP contribution in [0.1, 0.15) is 37.9 Å². The van der Waals surface area contributed by atoms with Gasteiger partial charge in [-0.3, -0.25) is 4.79 Å². The molecule has 0 unspecified atom stereocenters. The normalized spacial score (nSPS) is 18.5. The van der Waals surface area contributed by atoms with Gasteiger partial charge < -0.3 is 10.2 Å². The summed E-state index contributed by atoms with van der Waals surface area (Å²) in [6.07, 6.45) is 6.86. The maximum atomic E-state index is 11.1. The number of hydrogen-bond acceptors (Lipinski definition) is 6. The van der Waals surface area contributed by atoms with Crippen LogP contribution in [0.25, 0.3) is 0 Å². The van der Waals surface area contributed by atoms with Crippen molar-refractivity contribution in [3.63, 3.8) is 0 Å². The van der Waals surface area contributed by atoms with Gasteiger partial charge in [0.25, 0.3) is 0 Å². The van der Waals surface area contributed by atoms with Crippen LogP contribution in [-0.4, -0.2) is 27.4 Å². The number of thiazole rings is 1. The third-order valence-corrected chi connectivity index (χ3v) is 4.23. The number of nitrogens with one attached hydrogen (secondary N) is 1. The summed E-state index contributed by atoms with van der Waals surface area (Å²) in [5.41, 5.74) is 0.982. The van der Waals surface area contributed by atoms with E-state index in [2.05, 4.69) is 25.2 Å². The Balaban J connectivity index is 1.84. The van der Waals surface area contributed by atoms with Crippen LogP contribution in [0.5, 0.6) is 0 Å². The van der Waals surface area contributed by atoms with Crippen LogP contribution in [0.4, 0.5) is 11.1 Å². The molecule has 1 aliphatic heterocycles. The van der Waals surface area contributed by atoms with Crippen LogP contribution < -0.4 is 10.2 Å². The van der Waals surface area contributed by atoms with Crippen molar-refractivity contribution < 1.29 is 4.79 Å². The lowest BCUT2D eigenvalue weighted by atomic mass is 10.0. The zero-order chi connectivity index (χ0) is 14.7. The molecule has 0 bridgehead atoms. The zero-order valence-electron chi connectivity index (χ0n) is 11.8. The third kappa shape index (κ3) is 3.18. The van der Waals surface area contributed by atoms with Gasteiger partial charge in [0.1, 0.15) is 0 Å². The fraction of sp³-hybridized carbons (Fsp3) is 0.429. The highest BCUT2D eigenvalue weighted by molar-refractivity contribution is 7.13. The summed E-state index contributed by atoms with van der Waals surface area (Å²) in [6.45, 7) is 2.42. The minimum Gasteiger partial charge on any atom is -0.332 e. The number of carbonyl (C=O) groups excluding carboxylic acids is 1. The van der Waals surface area contributed by atoms with E-state index in [1.165, 1.54) is 24.7 Å². The molecule has 2 aromatic rings. The van der Waals surface area contributed by atoms with Gasteiger partial charge >= 0.3 is 0 Å². The zero-order valence-corrected chi connectivity index (χ0v) is 12.6. The standard InChI is InChI=1S/C14H17N5OS/c1-10(20)17-14-18-11(9-21-14)12-5-2-3-8-19(12)13-15-6-4-7-16-13/h4,6-7,9,12H,2-3,5,8H2,1H3,(H,17,18,20)/t12-/m0/s1. The number of anilines is 2. The molecule has 21 heavy (non-hydrogen) atoms. The molecule has 1 amide bonds. The molecule has 1 N–H and O–H groups in total. The molecule has 0 spiro atoms. The van der Waals surface area contributed by atoms with Gasteiger partial charge in [0, 0.05) is 31.2 Å². The molecule has 2 aromatic heterocycles. The molecule has 0 radical (unpaired) electrons. The molecule has 0 aromatic carbocycles. The second kappa shape index (κ2) is 6.17. The second-order valence-corrected chi connectivity index (χ2v) is 5.87. The topological polar surface area (TPSA) is 71.0 Å². The van der Waals surface area contributed by atoms with E-state index in [0.717, 1.165) is 31.0 Å². The van der Waals surface area contributed by atoms with Crippen molar-refractivity contribution >= 4 is 28.3 Å². The Hall–Kier alpha value is -2.02. The predicted molar refractivity (Wildman–Crippen MR) is 82.4 cm³/mol. The van der Waals surface area contributed by atoms with E-state index in [1.807, 2.05) is 11.4 Å². The van der Waals surface area contributed by atoms with Crippen molar-refractivity contribution in [3.8, 4) is 0 Å². The van der Waals surface area contributed by atoms with Gasteiger partial charge in [0.05, 0.1) is 11.7 Å². The van der Waals surface area contributed by atoms with Crippen molar-refractivity contribution in [2.75, 3.05) is 16.8 Å². The summed E-state index contributed by atoms with van der Waals surface area (Å²) in [4.78, 5) is 26.6. The number of rotatable bonds is 3. The Kier molecular flexibility index (Phi) is 4.10. The molecule has 1 atom stereocenters. The predicted octanol–water partition coefficient (Wildman–Crippen LogP) is 2.62. The van der Waals surface area contributed by atoms with Crippen molar-refractivity contribution in [3.05, 3.63) is 29.5 Å². The summed E-state index contributed by atoms with van der Waals surface area (Å²) in [5, 5.41) is 5.40. The van der Waals surface area contributed by atoms with Gasteiger partial charge in [-0.15, -0.1) is 11.3 Å². The molecule has 0 saturated carbocycles. The molecule has 110 valence electrons. The average Bonchev–Trinajstić information content (AvgIpc) is 2.96. The Morgan fingerprint density at radius 2 is 2.19 bits per heavy atom. The molecule has 7 heteroatoms. The highest BCUT2D eigenvalue weighted by Crippen LogP contribution is 2.34. The van der Waals surface area contributed by atoms with Gasteiger partial charge in [-0.1, -0.05) is 0 Å². The summed E-state index contributed by atoms with van der Waals surface area (Å²) < 4.78 is 0. The molecular formula is C14H17N5OS. The maximum absolute atomic E-state index is 11.1. The molecule has 1 saturated heterocycles. The van der Waals surface area contributed by atoms with Gasteiger partial charge in [0.15, 0.2) is 5.13 Å². The number of piperidine rings is 1. The monoisotopic (exact) mass is 303 g/mol. The summed E-state index contributed by atoms with van der Waals surface area (Å²) in [5.74, 6) is 0.652. The minimum atomic E-state index is -0.0946. The van der Waals surface area contributed by atoms with E-state index in [1.54, 1.807) is 12.4 Å². The quantitative estimate of drug-likeness (QED) is 0.943. The highest BCUT2D eigenvalue weighted by atomic mass is 32.1. The van der Waals surface area contributed by atoms with E-state index in [4.69, 9.17) is 0 Å². The summed E-state index contributed by atoms with van der Waals surface area (Å²) in [7, 11) is 0. The van der Waals surface area contributed by atoms with Crippen molar-refractivity contribution in [2.45, 2.75) is 32.2 Å². The lowest BCUT2D eigenvalue weighted by Crippen LogP contribution is -2.34. The van der Waals surface area contributed by atoms with Crippen LogP contribution in [0.15, 0.2) is 23.8 Å². The Labute approximate surface area is 127 Å². The number of amides is 1. The van der Waals surface area contributed by atoms with Gasteiger partial charge in [-0.2, -0.15) is 0 Å². The largest absolute Gasteiger partial charge is 0.332 e. The number of carbonyl (C=O) groups is 1. The number of nitrogens with zero attached hydrogens (tertiary/aromatic N) is 4. The first-order valence-corrected chi connectivity index (χ1v) is 7.88. The SMILES string of the molecule is CC(=O)Nc1nc([C@@H]2CCCCN2c2ncccn2)cs1. The molecule has 1 fully saturated rings. The molecule has 0 aliphatic carbocycles. The molecule has 1 aliphatic rings. The van der Waals surface area contributed by atoms with E-state index < -0.39 is 0 Å². The molecular weight excluding hydrogens is 286 g/mol. The van der Waals surface area contributed by atoms with E-state index >= 15 is 0 Å². The molecule has 6 nitrogen and oxygen atoms in total. The number of aromatic nitrogens is 3. The van der Waals surface area contributed by atoms with E-state index in [9.17, 15) is 4.79 Å². The van der Waals surface area contributed by atoms with Gasteiger partial charge in [-0.05, 0) is 25.3 Å². The minimum absolute atomic E-state index is 0.0946. The Bertz CT molecular complexity index is 615. The maximum Gasteiger partial charge on any atom is 0.225 e. The first-order valence-electron chi connectivity index (χ1n) is 7.01. The van der Waals surface area contributed by atoms with Crippen LogP contribution in [0.2, 0.25) is 0 Å². The van der Waals surface area contributed by atoms with Crippen LogP contribution in [0.3, 0.4) is 0 Å². The van der Waals surface area contributed by atoms with Gasteiger partial charge in [0.2, 0.25) is 11.9 Å². The Morgan fingerprint density at radius 1 is 1.38 bits per heavy atom. The first-order chi connectivity index (χ1) is 10.2. The van der Waals surface area contributed by atoms with E-state index in [0.29, 0.717) is 5.13 Å². The fourth-order valence-corrected chi connectivity index (χ4v) is 3.37. The van der Waals surface area contributed by atoms with Crippen LogP contribution >= 0.6 is 11.3 Å². The van der Waals surface area contributed by atoms with Crippen LogP contribution in [0, 0.1) is 0 Å².